The molecule has 1 N–H and O–H groups in total. The van der Waals surface area contributed by atoms with E-state index in [2.05, 4.69) is 0 Å². The summed E-state index contributed by atoms with van der Waals surface area (Å²) >= 11 is 0. The van der Waals surface area contributed by atoms with Crippen LogP contribution in [-0.2, 0) is 0 Å². The fraction of sp³-hybridized carbons (Fsp3) is 0. The number of nitro benzene ring substituents is 1. The molecule has 0 bridgehead atoms. The van der Waals surface area contributed by atoms with Crippen LogP contribution in [0.2, 0.25) is 0 Å². The lowest BCUT2D eigenvalue weighted by molar-refractivity contribution is -0.386. The summed E-state index contributed by atoms with van der Waals surface area (Å²) in [5, 5.41) is 10.2. The van der Waals surface area contributed by atoms with Crippen molar-refractivity contribution in [1.29, 1.82) is 0 Å². The molecule has 0 spiro atoms. The van der Waals surface area contributed by atoms with Crippen LogP contribution < -0.4 is 5.54 Å². The largest absolute Gasteiger partial charge is 0.330 e. The molecule has 0 aliphatic rings. The maximum absolute atomic E-state index is 12.6. The highest BCUT2D eigenvalue weighted by Gasteiger charge is 2.19. The van der Waals surface area contributed by atoms with Gasteiger partial charge in [-0.2, -0.15) is 4.39 Å². The van der Waals surface area contributed by atoms with Gasteiger partial charge in [0.1, 0.15) is 5.69 Å². The Morgan fingerprint density at radius 3 is 2.58 bits per heavy atom. The first-order valence-corrected chi connectivity index (χ1v) is 2.96. The van der Waals surface area contributed by atoms with E-state index in [1.54, 1.807) is 0 Å². The number of hydrogen-bond acceptors (Lipinski definition) is 3. The van der Waals surface area contributed by atoms with Gasteiger partial charge in [0.05, 0.1) is 4.92 Å². The molecule has 12 heavy (non-hydrogen) atoms. The highest BCUT2D eigenvalue weighted by Crippen LogP contribution is 2.26. The maximum Gasteiger partial charge on any atom is 0.330 e. The van der Waals surface area contributed by atoms with Crippen LogP contribution in [0.25, 0.3) is 0 Å². The normalized spacial score (nSPS) is 9.50. The monoisotopic (exact) mass is 174 g/mol. The lowest BCUT2D eigenvalue weighted by Crippen LogP contribution is -1.96. The lowest BCUT2D eigenvalue weighted by atomic mass is 10.2. The van der Waals surface area contributed by atoms with Crippen LogP contribution in [0, 0.1) is 15.9 Å². The Morgan fingerprint density at radius 1 is 1.50 bits per heavy atom. The van der Waals surface area contributed by atoms with Gasteiger partial charge in [0, 0.05) is 0 Å². The van der Waals surface area contributed by atoms with Gasteiger partial charge in [0.2, 0.25) is 5.82 Å². The Bertz CT molecular complexity index is 316. The van der Waals surface area contributed by atoms with Crippen molar-refractivity contribution >= 4 is 11.4 Å². The molecule has 0 aliphatic carbocycles. The van der Waals surface area contributed by atoms with Crippen molar-refractivity contribution in [3.63, 3.8) is 0 Å². The zero-order valence-corrected chi connectivity index (χ0v) is 5.75. The molecule has 0 saturated heterocycles. The summed E-state index contributed by atoms with van der Waals surface area (Å²) in [5.74, 6) is -1.07. The van der Waals surface area contributed by atoms with Gasteiger partial charge < -0.3 is 0 Å². The van der Waals surface area contributed by atoms with Crippen LogP contribution in [0.1, 0.15) is 0 Å². The second kappa shape index (κ2) is 3.12. The minimum absolute atomic E-state index is 0.486. The Kier molecular flexibility index (Phi) is 2.18. The number of halogens is 2. The summed E-state index contributed by atoms with van der Waals surface area (Å²) in [6.07, 6.45) is 0. The summed E-state index contributed by atoms with van der Waals surface area (Å²) in [7, 11) is 0. The third-order valence-corrected chi connectivity index (χ3v) is 1.27. The molecule has 1 aromatic rings. The first-order valence-electron chi connectivity index (χ1n) is 2.96. The first-order chi connectivity index (χ1) is 5.66. The molecule has 0 aliphatic heterocycles. The predicted octanol–water partition coefficient (Wildman–Crippen LogP) is 2.03. The summed E-state index contributed by atoms with van der Waals surface area (Å²) < 4.78 is 24.4. The zero-order chi connectivity index (χ0) is 9.14. The molecule has 1 aromatic carbocycles. The van der Waals surface area contributed by atoms with Gasteiger partial charge in [-0.3, -0.25) is 10.1 Å². The third-order valence-electron chi connectivity index (χ3n) is 1.27. The number of benzene rings is 1. The predicted molar refractivity (Wildman–Crippen MR) is 37.8 cm³/mol. The van der Waals surface area contributed by atoms with Gasteiger partial charge in [-0.25, -0.2) is 5.54 Å². The van der Waals surface area contributed by atoms with E-state index < -0.39 is 22.1 Å². The molecule has 0 atom stereocenters. The van der Waals surface area contributed by atoms with Crippen molar-refractivity contribution in [2.75, 3.05) is 5.54 Å². The van der Waals surface area contributed by atoms with E-state index in [1.807, 2.05) is 0 Å². The second-order valence-corrected chi connectivity index (χ2v) is 1.99. The Hall–Kier alpha value is -1.72. The SMILES string of the molecule is O=[N+]([O-])c1c(F)cccc1NF. The van der Waals surface area contributed by atoms with Crippen molar-refractivity contribution in [2.24, 2.45) is 0 Å². The molecule has 0 saturated carbocycles. The van der Waals surface area contributed by atoms with Crippen molar-refractivity contribution < 1.29 is 13.8 Å². The van der Waals surface area contributed by atoms with Gasteiger partial charge in [-0.1, -0.05) is 6.07 Å². The van der Waals surface area contributed by atoms with Crippen LogP contribution in [0.4, 0.5) is 20.2 Å². The topological polar surface area (TPSA) is 55.2 Å². The van der Waals surface area contributed by atoms with Crippen LogP contribution in [0.3, 0.4) is 0 Å². The molecule has 0 unspecified atom stereocenters. The molecule has 1 rings (SSSR count). The fourth-order valence-electron chi connectivity index (χ4n) is 0.777. The van der Waals surface area contributed by atoms with Crippen molar-refractivity contribution in [3.8, 4) is 0 Å². The van der Waals surface area contributed by atoms with Gasteiger partial charge in [0.15, 0.2) is 0 Å². The van der Waals surface area contributed by atoms with E-state index in [0.29, 0.717) is 0 Å². The number of nitrogens with zero attached hydrogens (tertiary/aromatic N) is 1. The number of para-hydroxylation sites is 1. The number of rotatable bonds is 2. The van der Waals surface area contributed by atoms with Crippen LogP contribution in [-0.4, -0.2) is 4.92 Å². The smallest absolute Gasteiger partial charge is 0.258 e. The van der Waals surface area contributed by atoms with E-state index in [9.17, 15) is 19.0 Å². The molecular weight excluding hydrogens is 170 g/mol. The molecule has 4 nitrogen and oxygen atoms in total. The Morgan fingerprint density at radius 2 is 2.17 bits per heavy atom. The Balaban J connectivity index is 3.29. The van der Waals surface area contributed by atoms with Crippen LogP contribution in [0.15, 0.2) is 18.2 Å². The van der Waals surface area contributed by atoms with E-state index in [1.165, 1.54) is 6.07 Å². The molecule has 0 amide bonds. The third kappa shape index (κ3) is 1.31. The van der Waals surface area contributed by atoms with Crippen molar-refractivity contribution in [2.45, 2.75) is 0 Å². The number of anilines is 1. The molecule has 6 heteroatoms. The van der Waals surface area contributed by atoms with Crippen LogP contribution in [0.5, 0.6) is 0 Å². The van der Waals surface area contributed by atoms with Gasteiger partial charge in [0.25, 0.3) is 0 Å². The highest BCUT2D eigenvalue weighted by atomic mass is 19.2. The summed E-state index contributed by atoms with van der Waals surface area (Å²) in [6, 6.07) is 3.13. The van der Waals surface area contributed by atoms with E-state index in [-0.39, 0.29) is 0 Å². The molecule has 0 aromatic heterocycles. The van der Waals surface area contributed by atoms with Crippen LogP contribution >= 0.6 is 0 Å². The first kappa shape index (κ1) is 8.38. The minimum atomic E-state index is -1.07. The average Bonchev–Trinajstić information content (AvgIpc) is 2.03. The number of nitro groups is 1. The van der Waals surface area contributed by atoms with Gasteiger partial charge >= 0.3 is 5.69 Å². The molecule has 0 radical (unpaired) electrons. The van der Waals surface area contributed by atoms with E-state index in [4.69, 9.17) is 0 Å². The molecule has 0 heterocycles. The van der Waals surface area contributed by atoms with E-state index >= 15 is 0 Å². The summed E-state index contributed by atoms with van der Waals surface area (Å²) in [5.41, 5.74) is -0.339. The Labute approximate surface area is 65.9 Å². The van der Waals surface area contributed by atoms with Crippen molar-refractivity contribution in [3.05, 3.63) is 34.1 Å². The second-order valence-electron chi connectivity index (χ2n) is 1.99. The minimum Gasteiger partial charge on any atom is -0.258 e. The maximum atomic E-state index is 12.6. The molecular formula is C6H4F2N2O2. The lowest BCUT2D eigenvalue weighted by Gasteiger charge is -1.98. The zero-order valence-electron chi connectivity index (χ0n) is 5.75. The summed E-state index contributed by atoms with van der Waals surface area (Å²) in [4.78, 5) is 9.17. The average molecular weight is 174 g/mol. The van der Waals surface area contributed by atoms with Gasteiger partial charge in [-0.05, 0) is 12.1 Å². The number of hydrogen-bond donors (Lipinski definition) is 1. The molecule has 64 valence electrons. The van der Waals surface area contributed by atoms with Crippen molar-refractivity contribution in [1.82, 2.24) is 0 Å². The highest BCUT2D eigenvalue weighted by molar-refractivity contribution is 5.60. The quantitative estimate of drug-likeness (QED) is 0.424. The number of nitrogens with one attached hydrogen (secondary N) is 1. The fourth-order valence-corrected chi connectivity index (χ4v) is 0.777. The molecule has 0 fully saturated rings. The standard InChI is InChI=1S/C6H4F2N2O2/c7-4-2-1-3-5(9-8)6(4)10(11)12/h1-3,9H. The summed E-state index contributed by atoms with van der Waals surface area (Å²) in [6.45, 7) is 0. The van der Waals surface area contributed by atoms with E-state index in [0.717, 1.165) is 17.7 Å². The van der Waals surface area contributed by atoms with Gasteiger partial charge in [-0.15, -0.1) is 4.48 Å².